The lowest BCUT2D eigenvalue weighted by molar-refractivity contribution is 0.177. The molecule has 0 unspecified atom stereocenters. The Kier molecular flexibility index (Phi) is 1.08. The van der Waals surface area contributed by atoms with Gasteiger partial charge in [-0.1, -0.05) is 0 Å². The zero-order valence-corrected chi connectivity index (χ0v) is 3.72. The van der Waals surface area contributed by atoms with Crippen LogP contribution in [0.3, 0.4) is 0 Å². The van der Waals surface area contributed by atoms with Gasteiger partial charge in [0.15, 0.2) is 0 Å². The lowest BCUT2D eigenvalue weighted by atomic mass is 10.4. The molecule has 37 valence electrons. The highest BCUT2D eigenvalue weighted by molar-refractivity contribution is 4.98. The van der Waals surface area contributed by atoms with Crippen LogP contribution in [0.15, 0.2) is 12.4 Å². The van der Waals surface area contributed by atoms with Gasteiger partial charge in [-0.25, -0.2) is 5.11 Å². The number of H-pyrrole nitrogens is 1. The predicted octanol–water partition coefficient (Wildman–Crippen LogP) is 0.340. The molecule has 3 heteroatoms. The summed E-state index contributed by atoms with van der Waals surface area (Å²) in [7, 11) is 0. The summed E-state index contributed by atoms with van der Waals surface area (Å²) in [4.78, 5) is 0. The van der Waals surface area contributed by atoms with E-state index in [0.717, 1.165) is 0 Å². The van der Waals surface area contributed by atoms with Gasteiger partial charge in [0.1, 0.15) is 6.61 Å². The molecule has 0 aliphatic heterocycles. The van der Waals surface area contributed by atoms with Crippen LogP contribution in [0.5, 0.6) is 0 Å². The Bertz CT molecular complexity index is 124. The maximum absolute atomic E-state index is 9.93. The number of hydrogen-bond acceptors (Lipinski definition) is 1. The van der Waals surface area contributed by atoms with Gasteiger partial charge >= 0.3 is 0 Å². The fraction of sp³-hybridized carbons (Fsp3) is 0.250. The number of nitrogens with zero attached hydrogens (tertiary/aromatic N) is 1. The molecule has 1 N–H and O–H groups in total. The Labute approximate surface area is 41.0 Å². The van der Waals surface area contributed by atoms with Crippen LogP contribution in [0.4, 0.5) is 0 Å². The van der Waals surface area contributed by atoms with E-state index < -0.39 is 0 Å². The third kappa shape index (κ3) is 0.778. The zero-order chi connectivity index (χ0) is 5.11. The minimum atomic E-state index is -0.184. The van der Waals surface area contributed by atoms with E-state index in [0.29, 0.717) is 5.56 Å². The molecule has 0 fully saturated rings. The van der Waals surface area contributed by atoms with Gasteiger partial charge in [-0.3, -0.25) is 5.10 Å². The molecule has 1 radical (unpaired) electrons. The summed E-state index contributed by atoms with van der Waals surface area (Å²) in [6, 6.07) is 0. The molecule has 0 spiro atoms. The van der Waals surface area contributed by atoms with Crippen molar-refractivity contribution in [2.75, 3.05) is 0 Å². The minimum Gasteiger partial charge on any atom is -0.285 e. The Morgan fingerprint density at radius 2 is 2.71 bits per heavy atom. The predicted molar refractivity (Wildman–Crippen MR) is 23.0 cm³/mol. The van der Waals surface area contributed by atoms with E-state index >= 15 is 0 Å². The van der Waals surface area contributed by atoms with Gasteiger partial charge in [-0.2, -0.15) is 5.10 Å². The van der Waals surface area contributed by atoms with Crippen LogP contribution < -0.4 is 0 Å². The van der Waals surface area contributed by atoms with Crippen molar-refractivity contribution in [3.05, 3.63) is 18.0 Å². The van der Waals surface area contributed by atoms with E-state index in [-0.39, 0.29) is 6.61 Å². The fourth-order valence-corrected chi connectivity index (χ4v) is 0.357. The number of aromatic nitrogens is 2. The summed E-state index contributed by atoms with van der Waals surface area (Å²) in [5.41, 5.74) is 0.708. The van der Waals surface area contributed by atoms with Gasteiger partial charge in [0.2, 0.25) is 0 Å². The molecule has 0 bridgehead atoms. The monoisotopic (exact) mass is 97.0 g/mol. The lowest BCUT2D eigenvalue weighted by Gasteiger charge is -1.73. The second-order valence-corrected chi connectivity index (χ2v) is 1.25. The smallest absolute Gasteiger partial charge is 0.110 e. The first-order chi connectivity index (χ1) is 3.43. The van der Waals surface area contributed by atoms with Crippen LogP contribution in [0.2, 0.25) is 0 Å². The van der Waals surface area contributed by atoms with Crippen LogP contribution in [0.25, 0.3) is 0 Å². The van der Waals surface area contributed by atoms with E-state index in [1.54, 1.807) is 6.20 Å². The van der Waals surface area contributed by atoms with Gasteiger partial charge in [0.25, 0.3) is 0 Å². The molecule has 1 aromatic heterocycles. The van der Waals surface area contributed by atoms with E-state index in [4.69, 9.17) is 0 Å². The van der Waals surface area contributed by atoms with E-state index in [9.17, 15) is 5.11 Å². The molecule has 1 rings (SSSR count). The lowest BCUT2D eigenvalue weighted by Crippen LogP contribution is -1.70. The summed E-state index contributed by atoms with van der Waals surface area (Å²) in [6.45, 7) is -0.184. The Morgan fingerprint density at radius 3 is 3.00 bits per heavy atom. The van der Waals surface area contributed by atoms with Crippen molar-refractivity contribution in [1.29, 1.82) is 0 Å². The largest absolute Gasteiger partial charge is 0.285 e. The molecule has 1 aromatic rings. The number of nitrogens with one attached hydrogen (secondary N) is 1. The topological polar surface area (TPSA) is 48.6 Å². The highest BCUT2D eigenvalue weighted by atomic mass is 16.3. The average molecular weight is 97.1 g/mol. The molecule has 0 aromatic carbocycles. The summed E-state index contributed by atoms with van der Waals surface area (Å²) >= 11 is 0. The van der Waals surface area contributed by atoms with Crippen molar-refractivity contribution in [3.63, 3.8) is 0 Å². The molecule has 0 atom stereocenters. The van der Waals surface area contributed by atoms with Crippen LogP contribution in [-0.4, -0.2) is 10.2 Å². The zero-order valence-electron chi connectivity index (χ0n) is 3.72. The summed E-state index contributed by atoms with van der Waals surface area (Å²) in [5.74, 6) is 0. The van der Waals surface area contributed by atoms with Crippen molar-refractivity contribution >= 4 is 0 Å². The first-order valence-electron chi connectivity index (χ1n) is 1.99. The molecule has 0 saturated heterocycles. The van der Waals surface area contributed by atoms with Crippen molar-refractivity contribution in [2.24, 2.45) is 0 Å². The Balaban J connectivity index is 2.76. The molecule has 0 saturated carbocycles. The number of hydrogen-bond donors (Lipinski definition) is 1. The standard InChI is InChI=1S/C4H5N2O/c7-3-4-1-5-6-2-4/h1-2H,3H2,(H,5,6). The van der Waals surface area contributed by atoms with Crippen molar-refractivity contribution < 1.29 is 5.11 Å². The Hall–Kier alpha value is -0.830. The quantitative estimate of drug-likeness (QED) is 0.539. The maximum atomic E-state index is 9.93. The average Bonchev–Trinajstić information content (AvgIpc) is 2.14. The molecule has 0 aliphatic carbocycles. The molecular weight excluding hydrogens is 92.1 g/mol. The van der Waals surface area contributed by atoms with Gasteiger partial charge in [-0.15, -0.1) is 0 Å². The van der Waals surface area contributed by atoms with Gasteiger partial charge in [-0.05, 0) is 0 Å². The van der Waals surface area contributed by atoms with Crippen LogP contribution in [0.1, 0.15) is 5.56 Å². The second-order valence-electron chi connectivity index (χ2n) is 1.25. The van der Waals surface area contributed by atoms with E-state index in [1.165, 1.54) is 6.20 Å². The van der Waals surface area contributed by atoms with Crippen LogP contribution >= 0.6 is 0 Å². The second kappa shape index (κ2) is 1.75. The SMILES string of the molecule is [O]Cc1cn[nH]c1. The number of aromatic amines is 1. The maximum Gasteiger partial charge on any atom is 0.110 e. The van der Waals surface area contributed by atoms with E-state index in [2.05, 4.69) is 10.2 Å². The van der Waals surface area contributed by atoms with Crippen LogP contribution in [0, 0.1) is 0 Å². The number of rotatable bonds is 1. The highest BCUT2D eigenvalue weighted by Gasteiger charge is 1.85. The third-order valence-electron chi connectivity index (χ3n) is 0.722. The molecule has 0 aliphatic rings. The summed E-state index contributed by atoms with van der Waals surface area (Å²) in [6.07, 6.45) is 3.11. The van der Waals surface area contributed by atoms with Gasteiger partial charge in [0, 0.05) is 11.8 Å². The fourth-order valence-electron chi connectivity index (χ4n) is 0.357. The highest BCUT2D eigenvalue weighted by Crippen LogP contribution is 1.89. The first-order valence-corrected chi connectivity index (χ1v) is 1.99. The third-order valence-corrected chi connectivity index (χ3v) is 0.722. The van der Waals surface area contributed by atoms with Crippen molar-refractivity contribution in [2.45, 2.75) is 6.61 Å². The summed E-state index contributed by atoms with van der Waals surface area (Å²) in [5, 5.41) is 16.0. The Morgan fingerprint density at radius 1 is 1.86 bits per heavy atom. The summed E-state index contributed by atoms with van der Waals surface area (Å²) < 4.78 is 0. The molecular formula is C4H5N2O. The van der Waals surface area contributed by atoms with E-state index in [1.807, 2.05) is 0 Å². The molecule has 7 heavy (non-hydrogen) atoms. The minimum absolute atomic E-state index is 0.184. The normalized spacial score (nSPS) is 9.29. The first kappa shape index (κ1) is 4.33. The van der Waals surface area contributed by atoms with Gasteiger partial charge < -0.3 is 0 Å². The van der Waals surface area contributed by atoms with Gasteiger partial charge in [0.05, 0.1) is 6.20 Å². The van der Waals surface area contributed by atoms with Crippen molar-refractivity contribution in [3.8, 4) is 0 Å². The molecule has 1 heterocycles. The molecule has 3 nitrogen and oxygen atoms in total. The molecule has 0 amide bonds. The van der Waals surface area contributed by atoms with Crippen molar-refractivity contribution in [1.82, 2.24) is 10.2 Å². The van der Waals surface area contributed by atoms with Crippen LogP contribution in [-0.2, 0) is 11.7 Å².